The molecule has 0 unspecified atom stereocenters. The molecular formula is C36H37ClN6O3. The Hall–Kier alpha value is -4.63. The molecule has 9 nitrogen and oxygen atoms in total. The normalized spacial score (nSPS) is 16.7. The number of imidazole rings is 1. The van der Waals surface area contributed by atoms with Crippen LogP contribution in [0.3, 0.4) is 0 Å². The molecule has 2 aromatic carbocycles. The van der Waals surface area contributed by atoms with E-state index in [0.717, 1.165) is 76.7 Å². The van der Waals surface area contributed by atoms with Crippen LogP contribution in [0.5, 0.6) is 0 Å². The Labute approximate surface area is 272 Å². The monoisotopic (exact) mass is 636 g/mol. The lowest BCUT2D eigenvalue weighted by Crippen LogP contribution is -2.52. The molecule has 4 N–H and O–H groups in total. The van der Waals surface area contributed by atoms with Crippen LogP contribution in [-0.4, -0.2) is 36.1 Å². The Morgan fingerprint density at radius 1 is 1.04 bits per heavy atom. The lowest BCUT2D eigenvalue weighted by Gasteiger charge is -2.41. The number of amides is 1. The molecule has 0 atom stereocenters. The van der Waals surface area contributed by atoms with Crippen LogP contribution in [-0.2, 0) is 24.4 Å². The van der Waals surface area contributed by atoms with Gasteiger partial charge in [0.1, 0.15) is 5.82 Å². The summed E-state index contributed by atoms with van der Waals surface area (Å²) in [5, 5.41) is 14.1. The summed E-state index contributed by atoms with van der Waals surface area (Å²) >= 11 is 6.18. The molecule has 2 fully saturated rings. The zero-order valence-corrected chi connectivity index (χ0v) is 27.0. The molecule has 2 aliphatic carbocycles. The first-order valence-electron chi connectivity index (χ1n) is 15.8. The van der Waals surface area contributed by atoms with E-state index in [0.29, 0.717) is 22.3 Å². The predicted octanol–water partition coefficient (Wildman–Crippen LogP) is 7.32. The molecule has 236 valence electrons. The van der Waals surface area contributed by atoms with Crippen molar-refractivity contribution in [3.05, 3.63) is 81.9 Å². The SMILES string of the molecule is C/C(=C\c1ccc2nc(C3(NC(=O)c4ccc5c(C6CCCC6)c(-c6cnc(Cl)c(N)c6)n(C)c5c4)CCC3)n(C)c2c1)C(=O)O. The first-order chi connectivity index (χ1) is 22.1. The number of nitrogen functional groups attached to an aromatic ring is 1. The van der Waals surface area contributed by atoms with Crippen molar-refractivity contribution in [1.82, 2.24) is 24.4 Å². The third-order valence-corrected chi connectivity index (χ3v) is 10.3. The van der Waals surface area contributed by atoms with Gasteiger partial charge in [0.25, 0.3) is 5.91 Å². The van der Waals surface area contributed by atoms with Gasteiger partial charge in [-0.2, -0.15) is 0 Å². The zero-order valence-electron chi connectivity index (χ0n) is 26.2. The fraction of sp³-hybridized carbons (Fsp3) is 0.333. The number of nitrogens with two attached hydrogens (primary N) is 1. The summed E-state index contributed by atoms with van der Waals surface area (Å²) in [6.45, 7) is 1.58. The smallest absolute Gasteiger partial charge is 0.331 e. The minimum Gasteiger partial charge on any atom is -0.478 e. The number of carboxylic acid groups (broad SMARTS) is 1. The third-order valence-electron chi connectivity index (χ3n) is 10.0. The number of anilines is 1. The van der Waals surface area contributed by atoms with E-state index in [1.807, 2.05) is 55.1 Å². The summed E-state index contributed by atoms with van der Waals surface area (Å²) in [4.78, 5) is 34.6. The second kappa shape index (κ2) is 11.3. The zero-order chi connectivity index (χ0) is 32.3. The van der Waals surface area contributed by atoms with E-state index in [-0.39, 0.29) is 11.5 Å². The van der Waals surface area contributed by atoms with Crippen LogP contribution < -0.4 is 11.1 Å². The Morgan fingerprint density at radius 3 is 2.48 bits per heavy atom. The van der Waals surface area contributed by atoms with Crippen LogP contribution in [0.2, 0.25) is 5.15 Å². The van der Waals surface area contributed by atoms with Gasteiger partial charge in [-0.25, -0.2) is 14.8 Å². The second-order valence-corrected chi connectivity index (χ2v) is 13.3. The van der Waals surface area contributed by atoms with Crippen LogP contribution in [0.15, 0.2) is 54.2 Å². The van der Waals surface area contributed by atoms with E-state index in [1.165, 1.54) is 18.4 Å². The van der Waals surface area contributed by atoms with Crippen molar-refractivity contribution in [3.8, 4) is 11.3 Å². The average Bonchev–Trinajstić information content (AvgIpc) is 3.73. The summed E-state index contributed by atoms with van der Waals surface area (Å²) < 4.78 is 4.18. The second-order valence-electron chi connectivity index (χ2n) is 12.9. The lowest BCUT2D eigenvalue weighted by atomic mass is 9.75. The largest absolute Gasteiger partial charge is 0.478 e. The van der Waals surface area contributed by atoms with E-state index < -0.39 is 11.5 Å². The number of nitrogens with zero attached hydrogens (tertiary/aromatic N) is 4. The van der Waals surface area contributed by atoms with Crippen LogP contribution in [0, 0.1) is 0 Å². The van der Waals surface area contributed by atoms with Gasteiger partial charge in [0.2, 0.25) is 0 Å². The van der Waals surface area contributed by atoms with Crippen LogP contribution in [0.1, 0.15) is 85.1 Å². The predicted molar refractivity (Wildman–Crippen MR) is 182 cm³/mol. The third kappa shape index (κ3) is 4.94. The summed E-state index contributed by atoms with van der Waals surface area (Å²) in [7, 11) is 3.99. The highest BCUT2D eigenvalue weighted by molar-refractivity contribution is 6.31. The minimum absolute atomic E-state index is 0.142. The Bertz CT molecular complexity index is 2080. The molecule has 0 aliphatic heterocycles. The van der Waals surface area contributed by atoms with Crippen LogP contribution in [0.4, 0.5) is 5.69 Å². The van der Waals surface area contributed by atoms with Gasteiger partial charge in [0.05, 0.1) is 28.0 Å². The molecule has 0 saturated heterocycles. The van der Waals surface area contributed by atoms with Crippen molar-refractivity contribution in [3.63, 3.8) is 0 Å². The highest BCUT2D eigenvalue weighted by Crippen LogP contribution is 2.46. The molecule has 10 heteroatoms. The molecular weight excluding hydrogens is 600 g/mol. The Balaban J connectivity index is 1.25. The van der Waals surface area contributed by atoms with Crippen molar-refractivity contribution in [2.45, 2.75) is 63.3 Å². The van der Waals surface area contributed by atoms with Gasteiger partial charge >= 0.3 is 5.97 Å². The number of carbonyl (C=O) groups excluding carboxylic acids is 1. The molecule has 2 saturated carbocycles. The fourth-order valence-electron chi connectivity index (χ4n) is 7.44. The number of aromatic nitrogens is 4. The van der Waals surface area contributed by atoms with Gasteiger partial charge in [-0.05, 0) is 92.5 Å². The number of hydrogen-bond donors (Lipinski definition) is 3. The highest BCUT2D eigenvalue weighted by Gasteiger charge is 2.44. The molecule has 7 rings (SSSR count). The maximum Gasteiger partial charge on any atom is 0.331 e. The molecule has 0 bridgehead atoms. The van der Waals surface area contributed by atoms with E-state index in [1.54, 1.807) is 19.2 Å². The number of aryl methyl sites for hydroxylation is 2. The number of fused-ring (bicyclic) bond motifs is 2. The van der Waals surface area contributed by atoms with Crippen molar-refractivity contribution >= 4 is 57.2 Å². The minimum atomic E-state index is -0.951. The summed E-state index contributed by atoms with van der Waals surface area (Å²) in [6, 6.07) is 13.6. The Kier molecular flexibility index (Phi) is 7.39. The van der Waals surface area contributed by atoms with E-state index in [4.69, 9.17) is 22.3 Å². The molecule has 46 heavy (non-hydrogen) atoms. The fourth-order valence-corrected chi connectivity index (χ4v) is 7.54. The van der Waals surface area contributed by atoms with Gasteiger partial charge in [-0.1, -0.05) is 36.6 Å². The van der Waals surface area contributed by atoms with Crippen LogP contribution in [0.25, 0.3) is 39.3 Å². The molecule has 2 aliphatic rings. The van der Waals surface area contributed by atoms with Crippen molar-refractivity contribution in [2.75, 3.05) is 5.73 Å². The summed E-state index contributed by atoms with van der Waals surface area (Å²) in [5.74, 6) is 0.136. The summed E-state index contributed by atoms with van der Waals surface area (Å²) in [5.41, 5.74) is 13.6. The van der Waals surface area contributed by atoms with Gasteiger partial charge in [-0.15, -0.1) is 0 Å². The lowest BCUT2D eigenvalue weighted by molar-refractivity contribution is -0.132. The van der Waals surface area contributed by atoms with Crippen LogP contribution >= 0.6 is 11.6 Å². The molecule has 1 amide bonds. The summed E-state index contributed by atoms with van der Waals surface area (Å²) in [6.07, 6.45) is 10.6. The van der Waals surface area contributed by atoms with E-state index in [9.17, 15) is 14.7 Å². The number of benzene rings is 2. The maximum absolute atomic E-state index is 14.0. The van der Waals surface area contributed by atoms with Gasteiger partial charge < -0.3 is 25.3 Å². The van der Waals surface area contributed by atoms with Gasteiger partial charge in [-0.3, -0.25) is 4.79 Å². The standard InChI is InChI=1S/C36H37ClN6O3/c1-20(34(45)46)15-21-9-12-27-29(16-21)43(3)35(40-27)36(13-6-14-36)41-33(44)23-10-11-25-28(18-23)42(2)31(30(25)22-7-4-5-8-22)24-17-26(38)32(37)39-19-24/h9-12,15-19,22H,4-8,13-14,38H2,1-3H3,(H,41,44)(H,45,46)/b20-15+. The highest BCUT2D eigenvalue weighted by atomic mass is 35.5. The number of halogens is 1. The molecule has 0 spiro atoms. The first-order valence-corrected chi connectivity index (χ1v) is 16.2. The number of rotatable bonds is 7. The number of aliphatic carboxylic acids is 1. The topological polar surface area (TPSA) is 128 Å². The molecule has 3 heterocycles. The molecule has 5 aromatic rings. The quantitative estimate of drug-likeness (QED) is 0.127. The first kappa shape index (κ1) is 30.0. The maximum atomic E-state index is 14.0. The Morgan fingerprint density at radius 2 is 1.80 bits per heavy atom. The van der Waals surface area contributed by atoms with E-state index in [2.05, 4.69) is 20.9 Å². The molecule has 3 aromatic heterocycles. The van der Waals surface area contributed by atoms with Crippen molar-refractivity contribution < 1.29 is 14.7 Å². The average molecular weight is 637 g/mol. The van der Waals surface area contributed by atoms with E-state index >= 15 is 0 Å². The van der Waals surface area contributed by atoms with Gasteiger partial charge in [0, 0.05) is 47.9 Å². The molecule has 0 radical (unpaired) electrons. The van der Waals surface area contributed by atoms with Crippen molar-refractivity contribution in [1.29, 1.82) is 0 Å². The number of carbonyl (C=O) groups is 2. The number of nitrogens with one attached hydrogen (secondary N) is 1. The number of hydrogen-bond acceptors (Lipinski definition) is 5. The number of pyridine rings is 1. The number of carboxylic acids is 1. The van der Waals surface area contributed by atoms with Gasteiger partial charge in [0.15, 0.2) is 5.15 Å². The van der Waals surface area contributed by atoms with Crippen molar-refractivity contribution in [2.24, 2.45) is 14.1 Å².